The van der Waals surface area contributed by atoms with Gasteiger partial charge in [0.15, 0.2) is 4.88 Å². The van der Waals surface area contributed by atoms with Crippen LogP contribution >= 0.6 is 23.1 Å². The molecule has 59 valence electrons. The zero-order chi connectivity index (χ0) is 8.27. The fraction of sp³-hybridized carbons (Fsp3) is 0.333. The molecular weight excluding hydrogens is 186 g/mol. The molecule has 0 aliphatic heterocycles. The van der Waals surface area contributed by atoms with E-state index in [1.807, 2.05) is 0 Å². The molecule has 3 nitrogen and oxygen atoms in total. The van der Waals surface area contributed by atoms with Crippen LogP contribution in [-0.4, -0.2) is 16.9 Å². The highest BCUT2D eigenvalue weighted by atomic mass is 35.5. The number of hydrogen-bond donors (Lipinski definition) is 0. The quantitative estimate of drug-likeness (QED) is 0.668. The van der Waals surface area contributed by atoms with Gasteiger partial charge in [0.1, 0.15) is 6.20 Å². The average molecular weight is 191 g/mol. The second kappa shape index (κ2) is 3.69. The van der Waals surface area contributed by atoms with Gasteiger partial charge in [0.05, 0.1) is 11.6 Å². The summed E-state index contributed by atoms with van der Waals surface area (Å²) >= 11 is 6.55. The van der Waals surface area contributed by atoms with E-state index in [1.165, 1.54) is 0 Å². The standard InChI is InChI=1S/C6H5ClNO2S/c1-2-10-6(9)5-4(7)3-8-11-5/h2H2,1H3. The molecule has 0 aromatic carbocycles. The molecule has 0 spiro atoms. The Balaban J connectivity index is 2.76. The first kappa shape index (κ1) is 8.49. The van der Waals surface area contributed by atoms with E-state index in [2.05, 4.69) is 10.6 Å². The number of carbonyl (C=O) groups is 1. The van der Waals surface area contributed by atoms with Gasteiger partial charge in [-0.15, -0.1) is 0 Å². The van der Waals surface area contributed by atoms with Crippen molar-refractivity contribution in [2.45, 2.75) is 6.92 Å². The molecule has 1 heterocycles. The second-order valence-electron chi connectivity index (χ2n) is 1.66. The SMILES string of the molecule is CCOC(=O)c1sn[c]c1Cl. The number of carbonyl (C=O) groups excluding carboxylic acids is 1. The van der Waals surface area contributed by atoms with E-state index in [9.17, 15) is 4.79 Å². The van der Waals surface area contributed by atoms with Crippen LogP contribution in [0.4, 0.5) is 0 Å². The highest BCUT2D eigenvalue weighted by Gasteiger charge is 2.13. The lowest BCUT2D eigenvalue weighted by molar-refractivity contribution is 0.0532. The van der Waals surface area contributed by atoms with Crippen molar-refractivity contribution in [2.75, 3.05) is 6.61 Å². The zero-order valence-electron chi connectivity index (χ0n) is 5.76. The Morgan fingerprint density at radius 2 is 2.64 bits per heavy atom. The highest BCUT2D eigenvalue weighted by molar-refractivity contribution is 7.08. The molecule has 1 aromatic heterocycles. The molecular formula is C6H5ClNO2S. The smallest absolute Gasteiger partial charge is 0.351 e. The summed E-state index contributed by atoms with van der Waals surface area (Å²) in [6.45, 7) is 2.07. The van der Waals surface area contributed by atoms with Gasteiger partial charge in [0.25, 0.3) is 0 Å². The molecule has 0 saturated carbocycles. The minimum atomic E-state index is -0.434. The summed E-state index contributed by atoms with van der Waals surface area (Å²) in [5, 5.41) is 0.230. The molecule has 0 amide bonds. The lowest BCUT2D eigenvalue weighted by Gasteiger charge is -1.96. The van der Waals surface area contributed by atoms with E-state index >= 15 is 0 Å². The van der Waals surface area contributed by atoms with Gasteiger partial charge in [-0.25, -0.2) is 4.79 Å². The molecule has 5 heteroatoms. The molecule has 0 unspecified atom stereocenters. The molecule has 11 heavy (non-hydrogen) atoms. The molecule has 1 radical (unpaired) electrons. The Morgan fingerprint density at radius 1 is 1.91 bits per heavy atom. The maximum Gasteiger partial charge on any atom is 0.351 e. The third-order valence-electron chi connectivity index (χ3n) is 0.941. The summed E-state index contributed by atoms with van der Waals surface area (Å²) in [5.74, 6) is -0.434. The molecule has 0 aliphatic carbocycles. The Morgan fingerprint density at radius 3 is 3.09 bits per heavy atom. The molecule has 0 aliphatic rings. The van der Waals surface area contributed by atoms with Crippen LogP contribution in [0.15, 0.2) is 0 Å². The number of aromatic nitrogens is 1. The summed E-state index contributed by atoms with van der Waals surface area (Å²) in [6.07, 6.45) is 2.44. The van der Waals surface area contributed by atoms with Gasteiger partial charge in [-0.1, -0.05) is 11.6 Å². The fourth-order valence-corrected chi connectivity index (χ4v) is 1.28. The summed E-state index contributed by atoms with van der Waals surface area (Å²) in [7, 11) is 0. The van der Waals surface area contributed by atoms with Crippen LogP contribution in [0.2, 0.25) is 5.02 Å². The summed E-state index contributed by atoms with van der Waals surface area (Å²) < 4.78 is 8.30. The average Bonchev–Trinajstić information content (AvgIpc) is 2.36. The lowest BCUT2D eigenvalue weighted by Crippen LogP contribution is -2.02. The van der Waals surface area contributed by atoms with E-state index in [-0.39, 0.29) is 5.02 Å². The van der Waals surface area contributed by atoms with Crippen molar-refractivity contribution in [1.29, 1.82) is 0 Å². The first-order chi connectivity index (χ1) is 5.25. The van der Waals surface area contributed by atoms with Gasteiger partial charge < -0.3 is 4.74 Å². The van der Waals surface area contributed by atoms with Crippen molar-refractivity contribution in [3.05, 3.63) is 16.1 Å². The first-order valence-electron chi connectivity index (χ1n) is 2.95. The fourth-order valence-electron chi connectivity index (χ4n) is 0.523. The summed E-state index contributed by atoms with van der Waals surface area (Å²) in [5.41, 5.74) is 0. The number of ether oxygens (including phenoxy) is 1. The maximum absolute atomic E-state index is 11.0. The number of esters is 1. The molecule has 0 N–H and O–H groups in total. The van der Waals surface area contributed by atoms with Crippen LogP contribution in [0.3, 0.4) is 0 Å². The second-order valence-corrected chi connectivity index (χ2v) is 2.81. The Labute approximate surface area is 73.1 Å². The Kier molecular flexibility index (Phi) is 2.84. The van der Waals surface area contributed by atoms with Gasteiger partial charge in [0, 0.05) is 0 Å². The van der Waals surface area contributed by atoms with Crippen LogP contribution in [0, 0.1) is 6.20 Å². The summed E-state index contributed by atoms with van der Waals surface area (Å²) in [4.78, 5) is 11.3. The summed E-state index contributed by atoms with van der Waals surface area (Å²) in [6, 6.07) is 0. The van der Waals surface area contributed by atoms with Crippen LogP contribution in [0.25, 0.3) is 0 Å². The van der Waals surface area contributed by atoms with Gasteiger partial charge >= 0.3 is 5.97 Å². The molecule has 1 rings (SSSR count). The Hall–Kier alpha value is -0.610. The molecule has 0 saturated heterocycles. The normalized spacial score (nSPS) is 9.64. The number of rotatable bonds is 2. The van der Waals surface area contributed by atoms with E-state index in [4.69, 9.17) is 16.3 Å². The van der Waals surface area contributed by atoms with E-state index in [1.54, 1.807) is 6.92 Å². The number of hydrogen-bond acceptors (Lipinski definition) is 4. The number of halogens is 1. The third-order valence-corrected chi connectivity index (χ3v) is 2.06. The van der Waals surface area contributed by atoms with Crippen LogP contribution < -0.4 is 0 Å². The highest BCUT2D eigenvalue weighted by Crippen LogP contribution is 2.18. The van der Waals surface area contributed by atoms with Crippen molar-refractivity contribution in [3.63, 3.8) is 0 Å². The minimum Gasteiger partial charge on any atom is -0.462 e. The lowest BCUT2D eigenvalue weighted by atomic mass is 10.5. The van der Waals surface area contributed by atoms with Crippen LogP contribution in [0.5, 0.6) is 0 Å². The molecule has 1 aromatic rings. The van der Waals surface area contributed by atoms with Crippen LogP contribution in [0.1, 0.15) is 16.6 Å². The topological polar surface area (TPSA) is 39.2 Å². The maximum atomic E-state index is 11.0. The van der Waals surface area contributed by atoms with Crippen molar-refractivity contribution in [1.82, 2.24) is 4.37 Å². The van der Waals surface area contributed by atoms with E-state index < -0.39 is 5.97 Å². The molecule has 0 bridgehead atoms. The van der Waals surface area contributed by atoms with Crippen molar-refractivity contribution >= 4 is 29.1 Å². The zero-order valence-corrected chi connectivity index (χ0v) is 7.33. The Bertz CT molecular complexity index is 261. The van der Waals surface area contributed by atoms with Gasteiger partial charge in [-0.2, -0.15) is 4.37 Å². The predicted molar refractivity (Wildman–Crippen MR) is 41.9 cm³/mol. The molecule has 0 fully saturated rings. The van der Waals surface area contributed by atoms with Crippen molar-refractivity contribution in [3.8, 4) is 0 Å². The minimum absolute atomic E-state index is 0.230. The third kappa shape index (κ3) is 1.91. The van der Waals surface area contributed by atoms with Crippen LogP contribution in [-0.2, 0) is 4.74 Å². The van der Waals surface area contributed by atoms with Gasteiger partial charge in [-0.05, 0) is 18.5 Å². The van der Waals surface area contributed by atoms with E-state index in [0.717, 1.165) is 11.5 Å². The largest absolute Gasteiger partial charge is 0.462 e. The van der Waals surface area contributed by atoms with E-state index in [0.29, 0.717) is 11.5 Å². The number of nitrogens with zero attached hydrogens (tertiary/aromatic N) is 1. The molecule has 0 atom stereocenters. The van der Waals surface area contributed by atoms with Crippen molar-refractivity contribution < 1.29 is 9.53 Å². The van der Waals surface area contributed by atoms with Gasteiger partial charge in [-0.3, -0.25) is 0 Å². The predicted octanol–water partition coefficient (Wildman–Crippen LogP) is 1.77. The van der Waals surface area contributed by atoms with Crippen molar-refractivity contribution in [2.24, 2.45) is 0 Å². The monoisotopic (exact) mass is 190 g/mol. The first-order valence-corrected chi connectivity index (χ1v) is 4.10. The van der Waals surface area contributed by atoms with Gasteiger partial charge in [0.2, 0.25) is 0 Å².